The van der Waals surface area contributed by atoms with Crippen LogP contribution in [0.5, 0.6) is 0 Å². The molecule has 0 aromatic heterocycles. The van der Waals surface area contributed by atoms with E-state index in [4.69, 9.17) is 9.47 Å². The van der Waals surface area contributed by atoms with Crippen molar-refractivity contribution in [2.45, 2.75) is 44.6 Å². The molecule has 240 valence electrons. The third-order valence-electron chi connectivity index (χ3n) is 9.32. The maximum absolute atomic E-state index is 12.0. The van der Waals surface area contributed by atoms with E-state index in [0.29, 0.717) is 26.2 Å². The first-order valence-electron chi connectivity index (χ1n) is 16.1. The summed E-state index contributed by atoms with van der Waals surface area (Å²) in [6.07, 6.45) is 10.8. The van der Waals surface area contributed by atoms with E-state index in [-0.39, 0.29) is 18.6 Å². The van der Waals surface area contributed by atoms with Gasteiger partial charge in [-0.2, -0.15) is 4.58 Å². The van der Waals surface area contributed by atoms with Crippen LogP contribution in [0.25, 0.3) is 21.5 Å². The lowest BCUT2D eigenvalue weighted by Gasteiger charge is -2.29. The van der Waals surface area contributed by atoms with Crippen molar-refractivity contribution in [2.24, 2.45) is 0 Å². The molecule has 7 heteroatoms. The molecule has 0 amide bonds. The molecule has 0 radical (unpaired) electrons. The third kappa shape index (κ3) is 6.18. The zero-order valence-electron chi connectivity index (χ0n) is 27.2. The van der Waals surface area contributed by atoms with E-state index in [9.17, 15) is 14.7 Å². The number of hydrogen-bond acceptors (Lipinski definition) is 5. The summed E-state index contributed by atoms with van der Waals surface area (Å²) < 4.78 is 13.2. The van der Waals surface area contributed by atoms with Crippen molar-refractivity contribution in [3.05, 3.63) is 126 Å². The molecule has 1 unspecified atom stereocenters. The third-order valence-corrected chi connectivity index (χ3v) is 9.32. The number of carboxylic acids is 1. The van der Waals surface area contributed by atoms with E-state index in [1.165, 1.54) is 21.9 Å². The first-order valence-corrected chi connectivity index (χ1v) is 16.1. The minimum Gasteiger partial charge on any atom is -0.481 e. The first kappa shape index (κ1) is 31.8. The summed E-state index contributed by atoms with van der Waals surface area (Å²) in [5, 5.41) is 14.5. The fourth-order valence-corrected chi connectivity index (χ4v) is 7.20. The predicted octanol–water partition coefficient (Wildman–Crippen LogP) is 7.30. The Kier molecular flexibility index (Phi) is 8.99. The van der Waals surface area contributed by atoms with Crippen LogP contribution in [-0.2, 0) is 30.9 Å². The Bertz CT molecular complexity index is 1940. The van der Waals surface area contributed by atoms with Crippen LogP contribution in [0.3, 0.4) is 0 Å². The van der Waals surface area contributed by atoms with Gasteiger partial charge in [0.2, 0.25) is 5.69 Å². The van der Waals surface area contributed by atoms with E-state index in [2.05, 4.69) is 109 Å². The number of ether oxygens (including phenoxy) is 2. The standard InChI is InChI=1S/C40H40N2O5/c1-39(2)27-47-35(42(39)24-25-46-28-43)21-9-5-8-20-34-40(3,26-29-14-6-4-7-15-29)37-32-18-12-10-16-30(32)31-17-11-13-19-33(31)38(37)41(34)23-22-36(44)45/h4-21,28H,22-27H2,1-3H3/p+1. The van der Waals surface area contributed by atoms with Crippen molar-refractivity contribution < 1.29 is 28.7 Å². The van der Waals surface area contributed by atoms with Gasteiger partial charge in [-0.05, 0) is 61.1 Å². The second-order valence-electron chi connectivity index (χ2n) is 13.0. The number of rotatable bonds is 12. The molecule has 1 N–H and O–H groups in total. The van der Waals surface area contributed by atoms with Gasteiger partial charge in [-0.3, -0.25) is 9.59 Å². The van der Waals surface area contributed by atoms with Crippen LogP contribution < -0.4 is 0 Å². The van der Waals surface area contributed by atoms with Crippen LogP contribution in [0.4, 0.5) is 5.69 Å². The molecular weight excluding hydrogens is 588 g/mol. The number of benzene rings is 4. The van der Waals surface area contributed by atoms with E-state index < -0.39 is 11.4 Å². The van der Waals surface area contributed by atoms with Gasteiger partial charge in [0.1, 0.15) is 19.6 Å². The van der Waals surface area contributed by atoms with Gasteiger partial charge in [-0.15, -0.1) is 0 Å². The Balaban J connectivity index is 1.47. The topological polar surface area (TPSA) is 79.1 Å². The summed E-state index contributed by atoms with van der Waals surface area (Å²) >= 11 is 0. The zero-order chi connectivity index (χ0) is 33.0. The van der Waals surface area contributed by atoms with Gasteiger partial charge in [-0.25, -0.2) is 0 Å². The fraction of sp³-hybridized carbons (Fsp3) is 0.275. The number of allylic oxidation sites excluding steroid dienone is 5. The van der Waals surface area contributed by atoms with Gasteiger partial charge in [0, 0.05) is 11.6 Å². The van der Waals surface area contributed by atoms with Crippen LogP contribution in [-0.4, -0.2) is 64.6 Å². The summed E-state index contributed by atoms with van der Waals surface area (Å²) in [4.78, 5) is 24.8. The Morgan fingerprint density at radius 1 is 0.915 bits per heavy atom. The van der Waals surface area contributed by atoms with Crippen molar-refractivity contribution in [3.63, 3.8) is 0 Å². The molecule has 0 spiro atoms. The van der Waals surface area contributed by atoms with Crippen LogP contribution in [0.15, 0.2) is 115 Å². The average molecular weight is 630 g/mol. The lowest BCUT2D eigenvalue weighted by molar-refractivity contribution is -0.435. The lowest BCUT2D eigenvalue weighted by atomic mass is 9.72. The molecule has 7 nitrogen and oxygen atoms in total. The minimum absolute atomic E-state index is 0.0120. The molecule has 1 saturated heterocycles. The quantitative estimate of drug-likeness (QED) is 0.0583. The molecule has 0 aliphatic carbocycles. The molecular formula is C40H41N2O5+. The van der Waals surface area contributed by atoms with Crippen LogP contribution >= 0.6 is 0 Å². The van der Waals surface area contributed by atoms with E-state index in [1.807, 2.05) is 30.4 Å². The number of carbonyl (C=O) groups is 2. The number of fused-ring (bicyclic) bond motifs is 6. The predicted molar refractivity (Wildman–Crippen MR) is 186 cm³/mol. The van der Waals surface area contributed by atoms with Crippen molar-refractivity contribution in [2.75, 3.05) is 26.3 Å². The Morgan fingerprint density at radius 2 is 1.57 bits per heavy atom. The van der Waals surface area contributed by atoms with Gasteiger partial charge in [0.15, 0.2) is 18.1 Å². The number of carbonyl (C=O) groups excluding carboxylic acids is 1. The Morgan fingerprint density at radius 3 is 2.28 bits per heavy atom. The highest BCUT2D eigenvalue weighted by Crippen LogP contribution is 2.50. The van der Waals surface area contributed by atoms with Crippen molar-refractivity contribution in [1.82, 2.24) is 4.90 Å². The second-order valence-corrected chi connectivity index (χ2v) is 13.0. The molecule has 1 atom stereocenters. The molecule has 1 fully saturated rings. The van der Waals surface area contributed by atoms with E-state index >= 15 is 0 Å². The maximum atomic E-state index is 12.0. The summed E-state index contributed by atoms with van der Waals surface area (Å²) in [7, 11) is 0. The first-order chi connectivity index (χ1) is 22.7. The normalized spacial score (nSPS) is 19.7. The second kappa shape index (κ2) is 13.3. The van der Waals surface area contributed by atoms with Crippen LogP contribution in [0.1, 0.15) is 38.3 Å². The molecule has 4 aromatic rings. The number of aliphatic carboxylic acids is 1. The molecule has 6 rings (SSSR count). The highest BCUT2D eigenvalue weighted by molar-refractivity contribution is 6.19. The van der Waals surface area contributed by atoms with Gasteiger partial charge >= 0.3 is 5.97 Å². The van der Waals surface area contributed by atoms with Gasteiger partial charge in [-0.1, -0.05) is 91.0 Å². The SMILES string of the molecule is CC1(Cc2ccccc2)C(/C=C/C=C/C=C2/OCC(C)(C)N2CCOC=O)=[N+](CCC(=O)O)c2c1c1ccccc1c1ccccc21. The molecule has 0 saturated carbocycles. The zero-order valence-corrected chi connectivity index (χ0v) is 27.2. The molecule has 2 heterocycles. The van der Waals surface area contributed by atoms with Crippen molar-refractivity contribution >= 4 is 45.4 Å². The maximum Gasteiger partial charge on any atom is 0.309 e. The summed E-state index contributed by atoms with van der Waals surface area (Å²) in [6, 6.07) is 27.5. The molecule has 0 bridgehead atoms. The summed E-state index contributed by atoms with van der Waals surface area (Å²) in [5.74, 6) is -0.101. The summed E-state index contributed by atoms with van der Waals surface area (Å²) in [6.45, 7) is 8.66. The van der Waals surface area contributed by atoms with Crippen LogP contribution in [0.2, 0.25) is 0 Å². The molecule has 2 aliphatic rings. The van der Waals surface area contributed by atoms with E-state index in [0.717, 1.165) is 34.5 Å². The number of hydrogen-bond donors (Lipinski definition) is 1. The highest BCUT2D eigenvalue weighted by atomic mass is 16.5. The van der Waals surface area contributed by atoms with Crippen molar-refractivity contribution in [1.29, 1.82) is 0 Å². The Hall–Kier alpha value is -5.17. The Labute approximate surface area is 275 Å². The van der Waals surface area contributed by atoms with Gasteiger partial charge in [0.05, 0.1) is 22.9 Å². The molecule has 2 aliphatic heterocycles. The fourth-order valence-electron chi connectivity index (χ4n) is 7.20. The van der Waals surface area contributed by atoms with Gasteiger partial charge < -0.3 is 19.5 Å². The highest BCUT2D eigenvalue weighted by Gasteiger charge is 2.50. The minimum atomic E-state index is -0.828. The lowest BCUT2D eigenvalue weighted by Crippen LogP contribution is -2.41. The monoisotopic (exact) mass is 629 g/mol. The largest absolute Gasteiger partial charge is 0.481 e. The summed E-state index contributed by atoms with van der Waals surface area (Å²) in [5.41, 5.74) is 3.91. The number of nitrogens with zero attached hydrogens (tertiary/aromatic N) is 2. The van der Waals surface area contributed by atoms with Gasteiger partial charge in [0.25, 0.3) is 6.47 Å². The van der Waals surface area contributed by atoms with E-state index in [1.54, 1.807) is 0 Å². The average Bonchev–Trinajstić information content (AvgIpc) is 3.49. The molecule has 47 heavy (non-hydrogen) atoms. The smallest absolute Gasteiger partial charge is 0.309 e. The van der Waals surface area contributed by atoms with Crippen LogP contribution in [0, 0.1) is 0 Å². The van der Waals surface area contributed by atoms with Crippen molar-refractivity contribution in [3.8, 4) is 0 Å². The number of carboxylic acid groups (broad SMARTS) is 1. The molecule has 4 aromatic carbocycles.